The van der Waals surface area contributed by atoms with Gasteiger partial charge in [-0.25, -0.2) is 0 Å². The normalized spacial score (nSPS) is 11.1. The largest absolute Gasteiger partial charge is 0.278 e. The third-order valence-electron chi connectivity index (χ3n) is 2.97. The van der Waals surface area contributed by atoms with Gasteiger partial charge in [0.1, 0.15) is 0 Å². The number of aryl methyl sites for hydroxylation is 2. The molecule has 1 N–H and O–H groups in total. The third-order valence-corrected chi connectivity index (χ3v) is 4.12. The number of halogens is 3. The summed E-state index contributed by atoms with van der Waals surface area (Å²) >= 11 is 18.1. The molecule has 0 radical (unpaired) electrons. The van der Waals surface area contributed by atoms with E-state index in [9.17, 15) is 0 Å². The van der Waals surface area contributed by atoms with Crippen molar-refractivity contribution in [1.82, 2.24) is 0 Å². The maximum Gasteiger partial charge on any atom is 0.0695 e. The summed E-state index contributed by atoms with van der Waals surface area (Å²) in [5, 5.41) is 5.49. The van der Waals surface area contributed by atoms with E-state index in [2.05, 4.69) is 24.4 Å². The zero-order valence-corrected chi connectivity index (χ0v) is 13.3. The summed E-state index contributed by atoms with van der Waals surface area (Å²) in [7, 11) is 0. The molecule has 104 valence electrons. The Kier molecular flexibility index (Phi) is 4.92. The molecule has 0 aliphatic rings. The van der Waals surface area contributed by atoms with Gasteiger partial charge in [0, 0.05) is 5.56 Å². The van der Waals surface area contributed by atoms with Crippen molar-refractivity contribution in [1.29, 1.82) is 0 Å². The predicted octanol–water partition coefficient (Wildman–Crippen LogP) is 5.71. The van der Waals surface area contributed by atoms with E-state index in [0.29, 0.717) is 20.6 Å². The highest BCUT2D eigenvalue weighted by Gasteiger charge is 2.07. The number of rotatable bonds is 3. The number of nitrogens with zero attached hydrogens (tertiary/aromatic N) is 1. The molecule has 0 saturated heterocycles. The van der Waals surface area contributed by atoms with Crippen LogP contribution in [-0.4, -0.2) is 6.21 Å². The summed E-state index contributed by atoms with van der Waals surface area (Å²) in [6.45, 7) is 4.11. The van der Waals surface area contributed by atoms with Crippen molar-refractivity contribution in [2.75, 3.05) is 5.43 Å². The topological polar surface area (TPSA) is 24.4 Å². The second-order valence-electron chi connectivity index (χ2n) is 4.43. The summed E-state index contributed by atoms with van der Waals surface area (Å²) in [4.78, 5) is 0. The van der Waals surface area contributed by atoms with E-state index in [1.807, 2.05) is 18.2 Å². The molecule has 0 amide bonds. The van der Waals surface area contributed by atoms with Crippen molar-refractivity contribution < 1.29 is 0 Å². The highest BCUT2D eigenvalue weighted by molar-refractivity contribution is 6.45. The van der Waals surface area contributed by atoms with Gasteiger partial charge in [-0.3, -0.25) is 5.43 Å². The van der Waals surface area contributed by atoms with E-state index in [1.165, 1.54) is 11.1 Å². The van der Waals surface area contributed by atoms with Crippen LogP contribution < -0.4 is 5.43 Å². The summed E-state index contributed by atoms with van der Waals surface area (Å²) in [5.41, 5.74) is 6.87. The predicted molar refractivity (Wildman–Crippen MR) is 88.6 cm³/mol. The van der Waals surface area contributed by atoms with Gasteiger partial charge in [-0.2, -0.15) is 5.10 Å². The molecular formula is C15H13Cl3N2. The molecule has 20 heavy (non-hydrogen) atoms. The molecule has 0 aromatic heterocycles. The fourth-order valence-corrected chi connectivity index (χ4v) is 2.28. The highest BCUT2D eigenvalue weighted by atomic mass is 35.5. The van der Waals surface area contributed by atoms with E-state index in [-0.39, 0.29) is 0 Å². The SMILES string of the molecule is Cc1ccc(N/N=C/c2c(Cl)ccc(Cl)c2Cl)cc1C. The standard InChI is InChI=1S/C15H13Cl3N2/c1-9-3-4-11(7-10(9)2)20-19-8-12-13(16)5-6-14(17)15(12)18/h3-8,20H,1-2H3/b19-8+. The van der Waals surface area contributed by atoms with E-state index < -0.39 is 0 Å². The minimum Gasteiger partial charge on any atom is -0.278 e. The number of hydrogen-bond donors (Lipinski definition) is 1. The van der Waals surface area contributed by atoms with Gasteiger partial charge in [-0.15, -0.1) is 0 Å². The van der Waals surface area contributed by atoms with Gasteiger partial charge in [0.25, 0.3) is 0 Å². The van der Waals surface area contributed by atoms with Gasteiger partial charge < -0.3 is 0 Å². The van der Waals surface area contributed by atoms with Gasteiger partial charge in [0.15, 0.2) is 0 Å². The Hall–Kier alpha value is -1.22. The molecule has 0 unspecified atom stereocenters. The summed E-state index contributed by atoms with van der Waals surface area (Å²) in [6, 6.07) is 9.36. The lowest BCUT2D eigenvalue weighted by Crippen LogP contribution is -1.93. The smallest absolute Gasteiger partial charge is 0.0695 e. The van der Waals surface area contributed by atoms with Crippen molar-refractivity contribution in [2.24, 2.45) is 5.10 Å². The molecule has 0 saturated carbocycles. The van der Waals surface area contributed by atoms with Crippen LogP contribution in [0.3, 0.4) is 0 Å². The van der Waals surface area contributed by atoms with Crippen LogP contribution in [0.2, 0.25) is 15.1 Å². The van der Waals surface area contributed by atoms with Gasteiger partial charge in [-0.1, -0.05) is 40.9 Å². The minimum absolute atomic E-state index is 0.393. The van der Waals surface area contributed by atoms with Crippen molar-refractivity contribution in [2.45, 2.75) is 13.8 Å². The average Bonchev–Trinajstić information content (AvgIpc) is 2.42. The maximum absolute atomic E-state index is 6.09. The molecule has 0 fully saturated rings. The molecule has 2 rings (SSSR count). The van der Waals surface area contributed by atoms with Crippen LogP contribution in [0.4, 0.5) is 5.69 Å². The van der Waals surface area contributed by atoms with Gasteiger partial charge in [-0.05, 0) is 49.2 Å². The lowest BCUT2D eigenvalue weighted by Gasteiger charge is -2.05. The Morgan fingerprint density at radius 1 is 0.950 bits per heavy atom. The number of hydrogen-bond acceptors (Lipinski definition) is 2. The lowest BCUT2D eigenvalue weighted by molar-refractivity contribution is 1.29. The Morgan fingerprint density at radius 2 is 1.65 bits per heavy atom. The fraction of sp³-hybridized carbons (Fsp3) is 0.133. The van der Waals surface area contributed by atoms with Crippen LogP contribution in [0.15, 0.2) is 35.4 Å². The summed E-state index contributed by atoms with van der Waals surface area (Å²) in [6.07, 6.45) is 1.56. The van der Waals surface area contributed by atoms with Crippen LogP contribution in [0.25, 0.3) is 0 Å². The molecule has 2 nitrogen and oxygen atoms in total. The van der Waals surface area contributed by atoms with Crippen molar-refractivity contribution in [3.63, 3.8) is 0 Å². The van der Waals surface area contributed by atoms with Crippen LogP contribution >= 0.6 is 34.8 Å². The van der Waals surface area contributed by atoms with Crippen molar-refractivity contribution in [3.8, 4) is 0 Å². The Morgan fingerprint density at radius 3 is 2.35 bits per heavy atom. The lowest BCUT2D eigenvalue weighted by atomic mass is 10.1. The Balaban J connectivity index is 2.18. The van der Waals surface area contributed by atoms with Crippen LogP contribution in [0, 0.1) is 13.8 Å². The number of anilines is 1. The Bertz CT molecular complexity index is 666. The Labute approximate surface area is 133 Å². The second-order valence-corrected chi connectivity index (χ2v) is 5.62. The number of hydrazone groups is 1. The van der Waals surface area contributed by atoms with Crippen LogP contribution in [0.5, 0.6) is 0 Å². The minimum atomic E-state index is 0.393. The van der Waals surface area contributed by atoms with Gasteiger partial charge in [0.05, 0.1) is 27.0 Å². The highest BCUT2D eigenvalue weighted by Crippen LogP contribution is 2.30. The number of nitrogens with one attached hydrogen (secondary N) is 1. The first-order valence-electron chi connectivity index (χ1n) is 5.99. The summed E-state index contributed by atoms with van der Waals surface area (Å²) in [5.74, 6) is 0. The zero-order chi connectivity index (χ0) is 14.7. The molecule has 5 heteroatoms. The number of benzene rings is 2. The third kappa shape index (κ3) is 3.45. The van der Waals surface area contributed by atoms with Gasteiger partial charge >= 0.3 is 0 Å². The van der Waals surface area contributed by atoms with E-state index >= 15 is 0 Å². The first-order chi connectivity index (χ1) is 9.49. The molecular weight excluding hydrogens is 315 g/mol. The average molecular weight is 328 g/mol. The van der Waals surface area contributed by atoms with E-state index in [0.717, 1.165) is 5.69 Å². The molecule has 0 spiro atoms. The first-order valence-corrected chi connectivity index (χ1v) is 7.12. The van der Waals surface area contributed by atoms with Crippen molar-refractivity contribution in [3.05, 3.63) is 62.1 Å². The molecule has 0 atom stereocenters. The van der Waals surface area contributed by atoms with Gasteiger partial charge in [0.2, 0.25) is 0 Å². The quantitative estimate of drug-likeness (QED) is 0.436. The van der Waals surface area contributed by atoms with E-state index in [4.69, 9.17) is 34.8 Å². The second kappa shape index (κ2) is 6.49. The molecule has 2 aromatic carbocycles. The van der Waals surface area contributed by atoms with E-state index in [1.54, 1.807) is 18.3 Å². The fourth-order valence-electron chi connectivity index (χ4n) is 1.64. The monoisotopic (exact) mass is 326 g/mol. The maximum atomic E-state index is 6.09. The molecule has 0 aliphatic heterocycles. The molecule has 0 heterocycles. The van der Waals surface area contributed by atoms with Crippen LogP contribution in [-0.2, 0) is 0 Å². The zero-order valence-electron chi connectivity index (χ0n) is 11.0. The first kappa shape index (κ1) is 15.2. The molecule has 0 aliphatic carbocycles. The summed E-state index contributed by atoms with van der Waals surface area (Å²) < 4.78 is 0. The molecule has 2 aromatic rings. The van der Waals surface area contributed by atoms with Crippen LogP contribution in [0.1, 0.15) is 16.7 Å². The molecule has 0 bridgehead atoms. The van der Waals surface area contributed by atoms with Crippen molar-refractivity contribution >= 4 is 46.7 Å².